The third-order valence-corrected chi connectivity index (χ3v) is 2.39. The van der Waals surface area contributed by atoms with Gasteiger partial charge in [0.2, 0.25) is 0 Å². The Hall–Kier alpha value is -0.360. The van der Waals surface area contributed by atoms with E-state index < -0.39 is 17.6 Å². The first-order valence-corrected chi connectivity index (χ1v) is 4.99. The molecule has 1 rings (SSSR count). The maximum Gasteiger partial charge on any atom is 0.166 e. The molecule has 1 atom stereocenters. The van der Waals surface area contributed by atoms with Crippen LogP contribution in [0, 0.1) is 5.82 Å². The van der Waals surface area contributed by atoms with E-state index in [1.54, 1.807) is 6.07 Å². The van der Waals surface area contributed by atoms with E-state index in [1.165, 1.54) is 6.07 Å². The van der Waals surface area contributed by atoms with Crippen LogP contribution in [0.1, 0.15) is 18.0 Å². The van der Waals surface area contributed by atoms with Crippen LogP contribution in [-0.2, 0) is 0 Å². The largest absolute Gasteiger partial charge is 0.505 e. The van der Waals surface area contributed by atoms with Gasteiger partial charge in [0.1, 0.15) is 0 Å². The Kier molecular flexibility index (Phi) is 6.12. The Morgan fingerprint density at radius 1 is 1.47 bits per heavy atom. The summed E-state index contributed by atoms with van der Waals surface area (Å²) in [5.41, 5.74) is 11.4. The summed E-state index contributed by atoms with van der Waals surface area (Å²) < 4.78 is 13.6. The minimum atomic E-state index is -0.679. The van der Waals surface area contributed by atoms with Gasteiger partial charge in [-0.3, -0.25) is 0 Å². The Morgan fingerprint density at radius 2 is 2.07 bits per heavy atom. The van der Waals surface area contributed by atoms with Gasteiger partial charge in [-0.05, 0) is 25.1 Å². The van der Waals surface area contributed by atoms with Crippen LogP contribution in [0.15, 0.2) is 16.6 Å². The highest BCUT2D eigenvalue weighted by molar-refractivity contribution is 9.10. The van der Waals surface area contributed by atoms with Crippen LogP contribution in [0.3, 0.4) is 0 Å². The molecule has 0 radical (unpaired) electrons. The van der Waals surface area contributed by atoms with E-state index in [0.29, 0.717) is 23.0 Å². The zero-order chi connectivity index (χ0) is 10.7. The lowest BCUT2D eigenvalue weighted by Crippen LogP contribution is -2.15. The molecular weight excluding hydrogens is 286 g/mol. The molecule has 5 N–H and O–H groups in total. The molecule has 0 aliphatic heterocycles. The second-order valence-electron chi connectivity index (χ2n) is 3.01. The summed E-state index contributed by atoms with van der Waals surface area (Å²) in [6.45, 7) is 0.398. The number of benzene rings is 1. The minimum Gasteiger partial charge on any atom is -0.505 e. The number of aromatic hydroxyl groups is 1. The van der Waals surface area contributed by atoms with Gasteiger partial charge >= 0.3 is 0 Å². The van der Waals surface area contributed by atoms with Crippen LogP contribution < -0.4 is 11.5 Å². The quantitative estimate of drug-likeness (QED) is 0.800. The zero-order valence-corrected chi connectivity index (χ0v) is 10.3. The van der Waals surface area contributed by atoms with Crippen molar-refractivity contribution in [3.05, 3.63) is 28.0 Å². The van der Waals surface area contributed by atoms with E-state index in [0.717, 1.165) is 0 Å². The summed E-state index contributed by atoms with van der Waals surface area (Å²) in [5, 5.41) is 9.40. The Labute approximate surface area is 102 Å². The van der Waals surface area contributed by atoms with E-state index >= 15 is 0 Å². The van der Waals surface area contributed by atoms with Crippen molar-refractivity contribution in [1.82, 2.24) is 0 Å². The second kappa shape index (κ2) is 6.27. The highest BCUT2D eigenvalue weighted by Gasteiger charge is 2.14. The molecule has 1 aromatic rings. The van der Waals surface area contributed by atoms with Gasteiger partial charge < -0.3 is 16.6 Å². The van der Waals surface area contributed by atoms with Crippen LogP contribution in [0.2, 0.25) is 0 Å². The first-order chi connectivity index (χ1) is 6.56. The van der Waals surface area contributed by atoms with Gasteiger partial charge in [0.15, 0.2) is 11.6 Å². The third-order valence-electron chi connectivity index (χ3n) is 1.93. The number of hydrogen-bond acceptors (Lipinski definition) is 3. The Bertz CT molecular complexity index is 338. The van der Waals surface area contributed by atoms with Gasteiger partial charge in [0.05, 0.1) is 0 Å². The topological polar surface area (TPSA) is 72.3 Å². The van der Waals surface area contributed by atoms with Crippen molar-refractivity contribution in [2.75, 3.05) is 6.54 Å². The monoisotopic (exact) mass is 298 g/mol. The smallest absolute Gasteiger partial charge is 0.166 e. The van der Waals surface area contributed by atoms with Crippen LogP contribution in [-0.4, -0.2) is 11.7 Å². The predicted octanol–water partition coefficient (Wildman–Crippen LogP) is 2.06. The molecule has 0 amide bonds. The number of nitrogens with two attached hydrogens (primary N) is 2. The zero-order valence-electron chi connectivity index (χ0n) is 7.91. The highest BCUT2D eigenvalue weighted by Crippen LogP contribution is 2.30. The SMILES string of the molecule is Cl.NCC[C@@H](N)c1cc(Br)cc(F)c1O. The van der Waals surface area contributed by atoms with Crippen LogP contribution in [0.25, 0.3) is 0 Å². The van der Waals surface area contributed by atoms with Crippen molar-refractivity contribution in [3.8, 4) is 5.75 Å². The average molecular weight is 300 g/mol. The molecule has 0 unspecified atom stereocenters. The molecule has 0 aromatic heterocycles. The highest BCUT2D eigenvalue weighted by atomic mass is 79.9. The summed E-state index contributed by atoms with van der Waals surface area (Å²) in [7, 11) is 0. The van der Waals surface area contributed by atoms with E-state index in [2.05, 4.69) is 15.9 Å². The number of phenolic OH excluding ortho intramolecular Hbond substituents is 1. The van der Waals surface area contributed by atoms with Crippen molar-refractivity contribution in [3.63, 3.8) is 0 Å². The molecule has 0 fully saturated rings. The number of hydrogen-bond donors (Lipinski definition) is 3. The normalized spacial score (nSPS) is 12.0. The maximum absolute atomic E-state index is 13.1. The molecule has 0 aliphatic rings. The van der Waals surface area contributed by atoms with Crippen molar-refractivity contribution in [2.45, 2.75) is 12.5 Å². The van der Waals surface area contributed by atoms with Crippen molar-refractivity contribution in [1.29, 1.82) is 0 Å². The lowest BCUT2D eigenvalue weighted by atomic mass is 10.0. The first kappa shape index (κ1) is 14.6. The molecule has 0 aliphatic carbocycles. The molecule has 0 bridgehead atoms. The van der Waals surface area contributed by atoms with Gasteiger partial charge in [0.25, 0.3) is 0 Å². The molecule has 86 valence electrons. The fourth-order valence-electron chi connectivity index (χ4n) is 1.20. The van der Waals surface area contributed by atoms with Gasteiger partial charge in [0, 0.05) is 16.1 Å². The standard InChI is InChI=1S/C9H12BrFN2O.ClH/c10-5-3-6(8(13)1-2-12)9(14)7(11)4-5;/h3-4,8,14H,1-2,12-13H2;1H/t8-;/m1./s1. The first-order valence-electron chi connectivity index (χ1n) is 4.19. The fourth-order valence-corrected chi connectivity index (χ4v) is 1.65. The van der Waals surface area contributed by atoms with Gasteiger partial charge in [-0.15, -0.1) is 12.4 Å². The Morgan fingerprint density at radius 3 is 2.60 bits per heavy atom. The summed E-state index contributed by atoms with van der Waals surface area (Å²) in [4.78, 5) is 0. The lowest BCUT2D eigenvalue weighted by molar-refractivity contribution is 0.418. The van der Waals surface area contributed by atoms with E-state index in [9.17, 15) is 9.50 Å². The molecule has 3 nitrogen and oxygen atoms in total. The Balaban J connectivity index is 0.00000196. The fraction of sp³-hybridized carbons (Fsp3) is 0.333. The maximum atomic E-state index is 13.1. The number of halogens is 3. The van der Waals surface area contributed by atoms with Crippen LogP contribution in [0.4, 0.5) is 4.39 Å². The summed E-state index contributed by atoms with van der Waals surface area (Å²) >= 11 is 3.13. The third kappa shape index (κ3) is 3.61. The lowest BCUT2D eigenvalue weighted by Gasteiger charge is -2.13. The molecule has 0 heterocycles. The van der Waals surface area contributed by atoms with Gasteiger partial charge in [-0.1, -0.05) is 15.9 Å². The van der Waals surface area contributed by atoms with Gasteiger partial charge in [-0.2, -0.15) is 0 Å². The molecule has 0 saturated carbocycles. The van der Waals surface area contributed by atoms with Crippen molar-refractivity contribution < 1.29 is 9.50 Å². The molecule has 0 spiro atoms. The van der Waals surface area contributed by atoms with Gasteiger partial charge in [-0.25, -0.2) is 4.39 Å². The average Bonchev–Trinajstić information content (AvgIpc) is 2.11. The number of rotatable bonds is 3. The second-order valence-corrected chi connectivity index (χ2v) is 3.92. The van der Waals surface area contributed by atoms with E-state index in [4.69, 9.17) is 11.5 Å². The summed E-state index contributed by atoms with van der Waals surface area (Å²) in [6.07, 6.45) is 0.503. The summed E-state index contributed by atoms with van der Waals surface area (Å²) in [5.74, 6) is -1.07. The molecule has 6 heteroatoms. The van der Waals surface area contributed by atoms with E-state index in [-0.39, 0.29) is 12.4 Å². The molecular formula is C9H13BrClFN2O. The van der Waals surface area contributed by atoms with Crippen LogP contribution >= 0.6 is 28.3 Å². The van der Waals surface area contributed by atoms with E-state index in [1.807, 2.05) is 0 Å². The molecule has 15 heavy (non-hydrogen) atoms. The van der Waals surface area contributed by atoms with Crippen LogP contribution in [0.5, 0.6) is 5.75 Å². The van der Waals surface area contributed by atoms with Crippen molar-refractivity contribution >= 4 is 28.3 Å². The minimum absolute atomic E-state index is 0. The molecule has 0 saturated heterocycles. The number of phenols is 1. The summed E-state index contributed by atoms with van der Waals surface area (Å²) in [6, 6.07) is 2.35. The molecule has 1 aromatic carbocycles. The predicted molar refractivity (Wildman–Crippen MR) is 63.6 cm³/mol. The van der Waals surface area contributed by atoms with Crippen molar-refractivity contribution in [2.24, 2.45) is 11.5 Å².